The van der Waals surface area contributed by atoms with Crippen molar-refractivity contribution in [2.45, 2.75) is 26.5 Å². The summed E-state index contributed by atoms with van der Waals surface area (Å²) in [4.78, 5) is 16.7. The number of hydrogen-bond acceptors (Lipinski definition) is 5. The van der Waals surface area contributed by atoms with Crippen LogP contribution in [0.5, 0.6) is 11.5 Å². The van der Waals surface area contributed by atoms with Crippen molar-refractivity contribution >= 4 is 17.4 Å². The summed E-state index contributed by atoms with van der Waals surface area (Å²) in [5, 5.41) is 6.13. The quantitative estimate of drug-likeness (QED) is 0.589. The monoisotopic (exact) mass is 391 g/mol. The fourth-order valence-corrected chi connectivity index (χ4v) is 2.69. The van der Waals surface area contributed by atoms with Crippen LogP contribution >= 0.6 is 0 Å². The molecule has 0 aliphatic carbocycles. The molecule has 1 heterocycles. The van der Waals surface area contributed by atoms with Crippen molar-refractivity contribution < 1.29 is 14.3 Å². The van der Waals surface area contributed by atoms with Crippen LogP contribution in [0.3, 0.4) is 0 Å². The van der Waals surface area contributed by atoms with Crippen LogP contribution in [-0.4, -0.2) is 24.1 Å². The number of aromatic nitrogens is 1. The van der Waals surface area contributed by atoms with Gasteiger partial charge in [0.25, 0.3) is 5.91 Å². The molecule has 6 heteroatoms. The van der Waals surface area contributed by atoms with Gasteiger partial charge >= 0.3 is 0 Å². The zero-order valence-corrected chi connectivity index (χ0v) is 16.8. The maximum Gasteiger partial charge on any atom is 0.253 e. The third kappa shape index (κ3) is 5.72. The molecule has 0 saturated carbocycles. The summed E-state index contributed by atoms with van der Waals surface area (Å²) in [6.45, 7) is 4.39. The van der Waals surface area contributed by atoms with E-state index >= 15 is 0 Å². The molecule has 3 rings (SSSR count). The highest BCUT2D eigenvalue weighted by Gasteiger charge is 2.09. The standard InChI is InChI=1S/C23H25N3O3/c1-16(2)29-21-7-5-4-6-20(21)26-22-13-10-18(15-24-22)23(27)25-14-17-8-11-19(28-3)12-9-17/h4-13,15-16H,14H2,1-3H3,(H,24,26)(H,25,27). The van der Waals surface area contributed by atoms with Gasteiger partial charge in [0.1, 0.15) is 17.3 Å². The van der Waals surface area contributed by atoms with Gasteiger partial charge in [-0.3, -0.25) is 4.79 Å². The summed E-state index contributed by atoms with van der Waals surface area (Å²) in [7, 11) is 1.62. The first-order chi connectivity index (χ1) is 14.0. The number of anilines is 2. The number of amides is 1. The lowest BCUT2D eigenvalue weighted by molar-refractivity contribution is 0.0950. The van der Waals surface area contributed by atoms with E-state index in [1.807, 2.05) is 62.4 Å². The molecule has 0 unspecified atom stereocenters. The number of para-hydroxylation sites is 2. The lowest BCUT2D eigenvalue weighted by Crippen LogP contribution is -2.22. The number of carbonyl (C=O) groups excluding carboxylic acids is 1. The second kappa shape index (κ2) is 9.59. The van der Waals surface area contributed by atoms with E-state index in [4.69, 9.17) is 9.47 Å². The first-order valence-corrected chi connectivity index (χ1v) is 9.45. The Morgan fingerprint density at radius 3 is 2.45 bits per heavy atom. The zero-order chi connectivity index (χ0) is 20.6. The number of pyridine rings is 1. The molecular weight excluding hydrogens is 366 g/mol. The Labute approximate surface area is 170 Å². The van der Waals surface area contributed by atoms with Crippen molar-refractivity contribution in [1.29, 1.82) is 0 Å². The van der Waals surface area contributed by atoms with Gasteiger partial charge in [-0.15, -0.1) is 0 Å². The van der Waals surface area contributed by atoms with Gasteiger partial charge in [0.2, 0.25) is 0 Å². The summed E-state index contributed by atoms with van der Waals surface area (Å²) in [5.74, 6) is 2.00. The number of carbonyl (C=O) groups is 1. The minimum atomic E-state index is -0.177. The minimum Gasteiger partial charge on any atom is -0.497 e. The van der Waals surface area contributed by atoms with Gasteiger partial charge in [0, 0.05) is 12.7 Å². The van der Waals surface area contributed by atoms with Gasteiger partial charge in [0.05, 0.1) is 24.5 Å². The number of ether oxygens (including phenoxy) is 2. The van der Waals surface area contributed by atoms with Gasteiger partial charge in [-0.2, -0.15) is 0 Å². The average Bonchev–Trinajstić information content (AvgIpc) is 2.74. The van der Waals surface area contributed by atoms with Crippen molar-refractivity contribution in [2.24, 2.45) is 0 Å². The summed E-state index contributed by atoms with van der Waals surface area (Å²) in [6.07, 6.45) is 1.63. The highest BCUT2D eigenvalue weighted by molar-refractivity contribution is 5.94. The van der Waals surface area contributed by atoms with Crippen LogP contribution < -0.4 is 20.1 Å². The SMILES string of the molecule is COc1ccc(CNC(=O)c2ccc(Nc3ccccc3OC(C)C)nc2)cc1. The Hall–Kier alpha value is -3.54. The van der Waals surface area contributed by atoms with Crippen molar-refractivity contribution in [2.75, 3.05) is 12.4 Å². The van der Waals surface area contributed by atoms with Crippen molar-refractivity contribution in [3.63, 3.8) is 0 Å². The predicted molar refractivity (Wildman–Crippen MR) is 114 cm³/mol. The zero-order valence-electron chi connectivity index (χ0n) is 16.8. The molecule has 0 fully saturated rings. The molecule has 0 aliphatic rings. The van der Waals surface area contributed by atoms with Gasteiger partial charge in [-0.25, -0.2) is 4.98 Å². The molecule has 0 saturated heterocycles. The van der Waals surface area contributed by atoms with Crippen LogP contribution in [0.15, 0.2) is 66.9 Å². The first kappa shape index (κ1) is 20.2. The average molecular weight is 391 g/mol. The molecular formula is C23H25N3O3. The van der Waals surface area contributed by atoms with E-state index in [1.54, 1.807) is 25.4 Å². The maximum absolute atomic E-state index is 12.4. The first-order valence-electron chi connectivity index (χ1n) is 9.45. The molecule has 0 atom stereocenters. The normalized spacial score (nSPS) is 10.5. The molecule has 2 N–H and O–H groups in total. The summed E-state index contributed by atoms with van der Waals surface area (Å²) in [5.41, 5.74) is 2.31. The molecule has 0 spiro atoms. The van der Waals surface area contributed by atoms with Crippen LogP contribution in [0.1, 0.15) is 29.8 Å². The molecule has 6 nitrogen and oxygen atoms in total. The maximum atomic E-state index is 12.4. The number of rotatable bonds is 8. The number of benzene rings is 2. The topological polar surface area (TPSA) is 72.5 Å². The van der Waals surface area contributed by atoms with Crippen LogP contribution in [0, 0.1) is 0 Å². The van der Waals surface area contributed by atoms with Crippen LogP contribution in [0.2, 0.25) is 0 Å². The second-order valence-electron chi connectivity index (χ2n) is 6.75. The van der Waals surface area contributed by atoms with E-state index < -0.39 is 0 Å². The smallest absolute Gasteiger partial charge is 0.253 e. The number of nitrogens with zero attached hydrogens (tertiary/aromatic N) is 1. The van der Waals surface area contributed by atoms with Gasteiger partial charge in [-0.1, -0.05) is 24.3 Å². The minimum absolute atomic E-state index is 0.0719. The van der Waals surface area contributed by atoms with Crippen molar-refractivity contribution in [3.05, 3.63) is 78.0 Å². The number of methoxy groups -OCH3 is 1. The summed E-state index contributed by atoms with van der Waals surface area (Å²) < 4.78 is 10.9. The Morgan fingerprint density at radius 2 is 1.79 bits per heavy atom. The Morgan fingerprint density at radius 1 is 1.03 bits per heavy atom. The summed E-state index contributed by atoms with van der Waals surface area (Å²) >= 11 is 0. The molecule has 0 radical (unpaired) electrons. The lowest BCUT2D eigenvalue weighted by Gasteiger charge is -2.15. The van der Waals surface area contributed by atoms with E-state index in [0.717, 1.165) is 22.7 Å². The molecule has 150 valence electrons. The fraction of sp³-hybridized carbons (Fsp3) is 0.217. The molecule has 0 bridgehead atoms. The third-order valence-electron chi connectivity index (χ3n) is 4.15. The number of hydrogen-bond donors (Lipinski definition) is 2. The van der Waals surface area contributed by atoms with E-state index in [0.29, 0.717) is 17.9 Å². The van der Waals surface area contributed by atoms with Gasteiger partial charge in [0.15, 0.2) is 0 Å². The highest BCUT2D eigenvalue weighted by Crippen LogP contribution is 2.27. The molecule has 29 heavy (non-hydrogen) atoms. The van der Waals surface area contributed by atoms with E-state index in [1.165, 1.54) is 0 Å². The second-order valence-corrected chi connectivity index (χ2v) is 6.75. The van der Waals surface area contributed by atoms with E-state index in [2.05, 4.69) is 15.6 Å². The Balaban J connectivity index is 1.60. The molecule has 2 aromatic carbocycles. The Kier molecular flexibility index (Phi) is 6.68. The predicted octanol–water partition coefficient (Wildman–Crippen LogP) is 4.55. The summed E-state index contributed by atoms with van der Waals surface area (Å²) in [6, 6.07) is 18.8. The van der Waals surface area contributed by atoms with E-state index in [-0.39, 0.29) is 12.0 Å². The van der Waals surface area contributed by atoms with Gasteiger partial charge < -0.3 is 20.1 Å². The molecule has 0 aliphatic heterocycles. The fourth-order valence-electron chi connectivity index (χ4n) is 2.69. The van der Waals surface area contributed by atoms with E-state index in [9.17, 15) is 4.79 Å². The van der Waals surface area contributed by atoms with Crippen molar-refractivity contribution in [3.8, 4) is 11.5 Å². The number of nitrogens with one attached hydrogen (secondary N) is 2. The Bertz CT molecular complexity index is 938. The highest BCUT2D eigenvalue weighted by atomic mass is 16.5. The molecule has 1 aromatic heterocycles. The molecule has 3 aromatic rings. The largest absolute Gasteiger partial charge is 0.497 e. The van der Waals surface area contributed by atoms with Gasteiger partial charge in [-0.05, 0) is 55.8 Å². The van der Waals surface area contributed by atoms with Crippen LogP contribution in [0.4, 0.5) is 11.5 Å². The van der Waals surface area contributed by atoms with Crippen molar-refractivity contribution in [1.82, 2.24) is 10.3 Å². The lowest BCUT2D eigenvalue weighted by atomic mass is 10.2. The van der Waals surface area contributed by atoms with Crippen LogP contribution in [-0.2, 0) is 6.54 Å². The molecule has 1 amide bonds. The van der Waals surface area contributed by atoms with Crippen LogP contribution in [0.25, 0.3) is 0 Å². The third-order valence-corrected chi connectivity index (χ3v) is 4.15.